The van der Waals surface area contributed by atoms with Crippen LogP contribution in [0.5, 0.6) is 0 Å². The van der Waals surface area contributed by atoms with Gasteiger partial charge in [0.2, 0.25) is 5.91 Å². The zero-order chi connectivity index (χ0) is 22.9. The number of amides is 1. The second kappa shape index (κ2) is 8.77. The van der Waals surface area contributed by atoms with Crippen molar-refractivity contribution >= 4 is 11.4 Å². The number of carbonyl (C=O) groups is 1. The third kappa shape index (κ3) is 4.01. The average Bonchev–Trinajstić information content (AvgIpc) is 3.52. The molecular formula is C25H25F2N5O. The summed E-state index contributed by atoms with van der Waals surface area (Å²) >= 11 is 0. The van der Waals surface area contributed by atoms with Gasteiger partial charge < -0.3 is 5.32 Å². The summed E-state index contributed by atoms with van der Waals surface area (Å²) in [5, 5.41) is 11.1. The Morgan fingerprint density at radius 2 is 1.73 bits per heavy atom. The molecule has 3 heterocycles. The molecule has 8 heteroatoms. The summed E-state index contributed by atoms with van der Waals surface area (Å²) in [6.45, 7) is -2.65. The average molecular weight is 450 g/mol. The molecule has 0 unspecified atom stereocenters. The summed E-state index contributed by atoms with van der Waals surface area (Å²) in [5.74, 6) is 0.609. The van der Waals surface area contributed by atoms with Crippen molar-refractivity contribution in [2.24, 2.45) is 5.92 Å². The van der Waals surface area contributed by atoms with Gasteiger partial charge in [-0.05, 0) is 54.4 Å². The van der Waals surface area contributed by atoms with Crippen LogP contribution < -0.4 is 5.32 Å². The zero-order valence-corrected chi connectivity index (χ0v) is 18.3. The van der Waals surface area contributed by atoms with Crippen LogP contribution in [-0.2, 0) is 4.79 Å². The molecule has 170 valence electrons. The summed E-state index contributed by atoms with van der Waals surface area (Å²) in [4.78, 5) is 12.0. The topological polar surface area (TPSA) is 64.2 Å². The minimum absolute atomic E-state index is 0.0948. The van der Waals surface area contributed by atoms with E-state index in [-0.39, 0.29) is 11.8 Å². The van der Waals surface area contributed by atoms with E-state index >= 15 is 0 Å². The normalized spacial score (nSPS) is 18.7. The highest BCUT2D eigenvalue weighted by atomic mass is 19.3. The number of nitrogens with one attached hydrogen (secondary N) is 1. The Balaban J connectivity index is 1.44. The van der Waals surface area contributed by atoms with Crippen LogP contribution in [0.3, 0.4) is 0 Å². The van der Waals surface area contributed by atoms with E-state index in [4.69, 9.17) is 0 Å². The standard InChI is InChI=1S/C25H25F2N5O/c1-28-24(33)19-10-8-17(9-11-19)21-3-2-12-31-23(21)22(14-30-31)18-6-4-16(5-7-18)20-13-29-32(15-20)25(26)27/h2-7,12-15,17,19,25H,8-11H2,1H3,(H,28,33). The van der Waals surface area contributed by atoms with Gasteiger partial charge >= 0.3 is 6.55 Å². The van der Waals surface area contributed by atoms with E-state index < -0.39 is 6.55 Å². The Kier molecular flexibility index (Phi) is 5.66. The Morgan fingerprint density at radius 1 is 1.00 bits per heavy atom. The van der Waals surface area contributed by atoms with Crippen LogP contribution in [0.4, 0.5) is 8.78 Å². The number of aromatic nitrogens is 4. The molecule has 6 nitrogen and oxygen atoms in total. The van der Waals surface area contributed by atoms with Crippen LogP contribution in [0.2, 0.25) is 0 Å². The molecule has 1 fully saturated rings. The van der Waals surface area contributed by atoms with Crippen LogP contribution in [0.25, 0.3) is 27.8 Å². The maximum Gasteiger partial charge on any atom is 0.333 e. The molecule has 0 aliphatic heterocycles. The molecule has 0 atom stereocenters. The van der Waals surface area contributed by atoms with E-state index in [9.17, 15) is 13.6 Å². The van der Waals surface area contributed by atoms with Gasteiger partial charge in [0.15, 0.2) is 0 Å². The Hall–Kier alpha value is -3.55. The molecule has 5 rings (SSSR count). The highest BCUT2D eigenvalue weighted by Gasteiger charge is 2.28. The van der Waals surface area contributed by atoms with Gasteiger partial charge in [0.25, 0.3) is 0 Å². The molecule has 3 aromatic heterocycles. The van der Waals surface area contributed by atoms with Crippen molar-refractivity contribution in [3.05, 3.63) is 66.7 Å². The lowest BCUT2D eigenvalue weighted by Gasteiger charge is -2.28. The molecule has 1 aromatic carbocycles. The Morgan fingerprint density at radius 3 is 2.39 bits per heavy atom. The molecule has 33 heavy (non-hydrogen) atoms. The lowest BCUT2D eigenvalue weighted by Crippen LogP contribution is -2.30. The molecule has 0 bridgehead atoms. The highest BCUT2D eigenvalue weighted by Crippen LogP contribution is 2.40. The number of hydrogen-bond donors (Lipinski definition) is 1. The lowest BCUT2D eigenvalue weighted by molar-refractivity contribution is -0.125. The number of hydrogen-bond acceptors (Lipinski definition) is 3. The molecule has 1 saturated carbocycles. The maximum absolute atomic E-state index is 12.8. The number of nitrogens with zero attached hydrogens (tertiary/aromatic N) is 4. The molecule has 1 N–H and O–H groups in total. The van der Waals surface area contributed by atoms with Crippen molar-refractivity contribution in [1.82, 2.24) is 24.7 Å². The van der Waals surface area contributed by atoms with E-state index in [1.54, 1.807) is 7.05 Å². The maximum atomic E-state index is 12.8. The first-order chi connectivity index (χ1) is 16.0. The van der Waals surface area contributed by atoms with E-state index in [0.29, 0.717) is 16.2 Å². The van der Waals surface area contributed by atoms with Crippen LogP contribution in [-0.4, -0.2) is 32.3 Å². The molecule has 0 saturated heterocycles. The number of carbonyl (C=O) groups excluding carboxylic acids is 1. The van der Waals surface area contributed by atoms with E-state index in [1.807, 2.05) is 47.2 Å². The smallest absolute Gasteiger partial charge is 0.333 e. The van der Waals surface area contributed by atoms with Crippen molar-refractivity contribution in [2.75, 3.05) is 7.05 Å². The molecule has 1 amide bonds. The Bertz CT molecular complexity index is 1270. The van der Waals surface area contributed by atoms with Crippen molar-refractivity contribution in [1.29, 1.82) is 0 Å². The number of benzene rings is 1. The van der Waals surface area contributed by atoms with Crippen molar-refractivity contribution in [3.63, 3.8) is 0 Å². The number of pyridine rings is 1. The van der Waals surface area contributed by atoms with E-state index in [2.05, 4.69) is 21.6 Å². The van der Waals surface area contributed by atoms with Crippen molar-refractivity contribution in [3.8, 4) is 22.3 Å². The number of alkyl halides is 2. The van der Waals surface area contributed by atoms with Gasteiger partial charge in [-0.15, -0.1) is 0 Å². The first-order valence-corrected chi connectivity index (χ1v) is 11.2. The largest absolute Gasteiger partial charge is 0.359 e. The van der Waals surface area contributed by atoms with Crippen LogP contribution in [0.15, 0.2) is 61.2 Å². The van der Waals surface area contributed by atoms with Gasteiger partial charge in [-0.1, -0.05) is 30.3 Å². The summed E-state index contributed by atoms with van der Waals surface area (Å²) < 4.78 is 28.2. The number of rotatable bonds is 5. The highest BCUT2D eigenvalue weighted by molar-refractivity contribution is 5.84. The molecule has 4 aromatic rings. The SMILES string of the molecule is CNC(=O)C1CCC(c2cccn3ncc(-c4ccc(-c5cnn(C(F)F)c5)cc4)c23)CC1. The predicted molar refractivity (Wildman–Crippen MR) is 122 cm³/mol. The summed E-state index contributed by atoms with van der Waals surface area (Å²) in [6, 6.07) is 12.0. The fraction of sp³-hybridized carbons (Fsp3) is 0.320. The van der Waals surface area contributed by atoms with Crippen LogP contribution in [0, 0.1) is 5.92 Å². The fourth-order valence-corrected chi connectivity index (χ4v) is 4.92. The quantitative estimate of drug-likeness (QED) is 0.451. The van der Waals surface area contributed by atoms with Crippen molar-refractivity contribution in [2.45, 2.75) is 38.2 Å². The monoisotopic (exact) mass is 449 g/mol. The first-order valence-electron chi connectivity index (χ1n) is 11.2. The second-order valence-corrected chi connectivity index (χ2v) is 8.54. The third-order valence-corrected chi connectivity index (χ3v) is 6.69. The molecular weight excluding hydrogens is 424 g/mol. The van der Waals surface area contributed by atoms with Gasteiger partial charge in [-0.25, -0.2) is 9.20 Å². The van der Waals surface area contributed by atoms with Gasteiger partial charge in [-0.3, -0.25) is 4.79 Å². The van der Waals surface area contributed by atoms with Gasteiger partial charge in [0.05, 0.1) is 17.9 Å². The number of fused-ring (bicyclic) bond motifs is 1. The molecule has 1 aliphatic carbocycles. The Labute approximate surface area is 190 Å². The first kappa shape index (κ1) is 21.3. The van der Waals surface area contributed by atoms with Gasteiger partial charge in [0.1, 0.15) is 0 Å². The fourth-order valence-electron chi connectivity index (χ4n) is 4.92. The van der Waals surface area contributed by atoms with Gasteiger partial charge in [-0.2, -0.15) is 19.0 Å². The molecule has 0 spiro atoms. The number of halogens is 2. The second-order valence-electron chi connectivity index (χ2n) is 8.54. The van der Waals surface area contributed by atoms with E-state index in [1.165, 1.54) is 18.0 Å². The summed E-state index contributed by atoms with van der Waals surface area (Å²) in [6.07, 6.45) is 10.3. The molecule has 1 aliphatic rings. The minimum Gasteiger partial charge on any atom is -0.359 e. The van der Waals surface area contributed by atoms with Gasteiger partial charge in [0, 0.05) is 36.5 Å². The van der Waals surface area contributed by atoms with Crippen LogP contribution >= 0.6 is 0 Å². The minimum atomic E-state index is -2.65. The summed E-state index contributed by atoms with van der Waals surface area (Å²) in [5.41, 5.74) is 5.86. The van der Waals surface area contributed by atoms with Crippen LogP contribution in [0.1, 0.15) is 43.7 Å². The molecule has 0 radical (unpaired) electrons. The zero-order valence-electron chi connectivity index (χ0n) is 18.3. The summed E-state index contributed by atoms with van der Waals surface area (Å²) in [7, 11) is 1.70. The van der Waals surface area contributed by atoms with E-state index in [0.717, 1.165) is 47.9 Å². The third-order valence-electron chi connectivity index (χ3n) is 6.69. The predicted octanol–water partition coefficient (Wildman–Crippen LogP) is 5.28. The lowest BCUT2D eigenvalue weighted by atomic mass is 9.78. The van der Waals surface area contributed by atoms with Crippen molar-refractivity contribution < 1.29 is 13.6 Å².